The molecule has 100 valence electrons. The van der Waals surface area contributed by atoms with Crippen LogP contribution in [0.25, 0.3) is 0 Å². The van der Waals surface area contributed by atoms with Crippen molar-refractivity contribution in [1.82, 2.24) is 0 Å². The Bertz CT molecular complexity index is 420. The summed E-state index contributed by atoms with van der Waals surface area (Å²) in [6.45, 7) is 0. The zero-order chi connectivity index (χ0) is 13.1. The van der Waals surface area contributed by atoms with Crippen molar-refractivity contribution in [1.29, 1.82) is 0 Å². The zero-order valence-corrected chi connectivity index (χ0v) is 11.9. The average molecular weight is 262 g/mol. The fraction of sp³-hybridized carbons (Fsp3) is 0.500. The lowest BCUT2D eigenvalue weighted by Gasteiger charge is -2.48. The van der Waals surface area contributed by atoms with Crippen LogP contribution in [0.15, 0.2) is 48.6 Å². The van der Waals surface area contributed by atoms with Crippen LogP contribution < -0.4 is 0 Å². The fourth-order valence-corrected chi connectivity index (χ4v) is 5.91. The Morgan fingerprint density at radius 3 is 1.10 bits per heavy atom. The maximum atomic E-state index is 2.42. The van der Waals surface area contributed by atoms with E-state index in [0.29, 0.717) is 11.8 Å². The van der Waals surface area contributed by atoms with Crippen LogP contribution in [0, 0.1) is 47.3 Å². The lowest BCUT2D eigenvalue weighted by Crippen LogP contribution is -2.51. The molecule has 4 fully saturated rings. The van der Waals surface area contributed by atoms with E-state index in [1.165, 1.54) is 25.7 Å². The molecule has 0 nitrogen and oxygen atoms in total. The highest BCUT2D eigenvalue weighted by molar-refractivity contribution is 5.36. The van der Waals surface area contributed by atoms with Gasteiger partial charge < -0.3 is 0 Å². The van der Waals surface area contributed by atoms with Crippen molar-refractivity contribution in [3.8, 4) is 0 Å². The molecule has 4 saturated carbocycles. The molecular weight excluding hydrogens is 240 g/mol. The third kappa shape index (κ3) is 1.48. The van der Waals surface area contributed by atoms with Gasteiger partial charge in [-0.05, 0) is 24.3 Å². The van der Waals surface area contributed by atoms with Crippen molar-refractivity contribution < 1.29 is 0 Å². The molecule has 0 N–H and O–H groups in total. The van der Waals surface area contributed by atoms with E-state index < -0.39 is 0 Å². The summed E-state index contributed by atoms with van der Waals surface area (Å²) in [7, 11) is 0. The maximum Gasteiger partial charge on any atom is 0.138 e. The van der Waals surface area contributed by atoms with Crippen LogP contribution >= 0.6 is 0 Å². The first-order chi connectivity index (χ1) is 9.90. The third-order valence-corrected chi connectivity index (χ3v) is 6.43. The van der Waals surface area contributed by atoms with Gasteiger partial charge in [0.05, 0.1) is 0 Å². The molecule has 0 aromatic heterocycles. The minimum atomic E-state index is 0.680. The topological polar surface area (TPSA) is 0 Å². The average Bonchev–Trinajstić information content (AvgIpc) is 3.10. The van der Waals surface area contributed by atoms with Crippen molar-refractivity contribution >= 4 is 0 Å². The largest absolute Gasteiger partial charge is 0.138 e. The predicted octanol–water partition coefficient (Wildman–Crippen LogP) is 4.69. The predicted molar refractivity (Wildman–Crippen MR) is 82.5 cm³/mol. The van der Waals surface area contributed by atoms with Crippen molar-refractivity contribution in [3.05, 3.63) is 60.4 Å². The van der Waals surface area contributed by atoms with E-state index in [9.17, 15) is 0 Å². The smallest absolute Gasteiger partial charge is 0.0616 e. The highest BCUT2D eigenvalue weighted by atomic mass is 14.6. The highest BCUT2D eigenvalue weighted by Crippen LogP contribution is 2.64. The Morgan fingerprint density at radius 2 is 0.800 bits per heavy atom. The van der Waals surface area contributed by atoms with Crippen LogP contribution in [0.4, 0.5) is 0 Å². The molecule has 6 aliphatic carbocycles. The summed E-state index contributed by atoms with van der Waals surface area (Å²) in [5, 5.41) is 0. The SMILES string of the molecule is C1=CC([C+]2C3CC4CC2CC(C3)[C+]4C2C=CC=C2)C=C1. The quantitative estimate of drug-likeness (QED) is 0.634. The molecule has 0 saturated heterocycles. The molecule has 0 heterocycles. The van der Waals surface area contributed by atoms with E-state index in [1.807, 2.05) is 11.8 Å². The first kappa shape index (κ1) is 11.4. The lowest BCUT2D eigenvalue weighted by atomic mass is 9.45. The van der Waals surface area contributed by atoms with Crippen LogP contribution in [0.3, 0.4) is 0 Å². The van der Waals surface area contributed by atoms with Gasteiger partial charge in [0.15, 0.2) is 0 Å². The van der Waals surface area contributed by atoms with Gasteiger partial charge in [-0.3, -0.25) is 0 Å². The fourth-order valence-electron chi connectivity index (χ4n) is 5.91. The zero-order valence-electron chi connectivity index (χ0n) is 11.9. The first-order valence-corrected chi connectivity index (χ1v) is 8.33. The highest BCUT2D eigenvalue weighted by Gasteiger charge is 2.67. The van der Waals surface area contributed by atoms with Gasteiger partial charge >= 0.3 is 0 Å². The maximum absolute atomic E-state index is 2.42. The Labute approximate surface area is 122 Å². The summed E-state index contributed by atoms with van der Waals surface area (Å²) in [5.41, 5.74) is 0. The molecule has 0 heteroatoms. The van der Waals surface area contributed by atoms with Gasteiger partial charge in [0.2, 0.25) is 0 Å². The Kier molecular flexibility index (Phi) is 2.33. The summed E-state index contributed by atoms with van der Waals surface area (Å²) in [6, 6.07) is 0. The Hall–Kier alpha value is -1.30. The van der Waals surface area contributed by atoms with Crippen LogP contribution in [0.2, 0.25) is 0 Å². The molecule has 0 aromatic carbocycles. The van der Waals surface area contributed by atoms with Gasteiger partial charge in [0.1, 0.15) is 47.3 Å². The van der Waals surface area contributed by atoms with E-state index in [0.717, 1.165) is 23.7 Å². The number of allylic oxidation sites excluding steroid dienone is 8. The van der Waals surface area contributed by atoms with E-state index in [1.54, 1.807) is 0 Å². The minimum absolute atomic E-state index is 0.680. The van der Waals surface area contributed by atoms with Crippen LogP contribution in [0.5, 0.6) is 0 Å². The first-order valence-electron chi connectivity index (χ1n) is 8.33. The van der Waals surface area contributed by atoms with E-state index >= 15 is 0 Å². The molecule has 6 aliphatic rings. The van der Waals surface area contributed by atoms with Crippen molar-refractivity contribution in [2.75, 3.05) is 0 Å². The van der Waals surface area contributed by atoms with Gasteiger partial charge in [-0.2, -0.15) is 0 Å². The number of hydrogen-bond acceptors (Lipinski definition) is 0. The molecule has 0 amide bonds. The Morgan fingerprint density at radius 1 is 0.500 bits per heavy atom. The number of rotatable bonds is 2. The van der Waals surface area contributed by atoms with Crippen molar-refractivity contribution in [2.45, 2.75) is 25.7 Å². The van der Waals surface area contributed by atoms with Gasteiger partial charge in [-0.1, -0.05) is 24.3 Å². The second-order valence-corrected chi connectivity index (χ2v) is 7.32. The monoisotopic (exact) mass is 262 g/mol. The van der Waals surface area contributed by atoms with E-state index in [-0.39, 0.29) is 0 Å². The van der Waals surface area contributed by atoms with Crippen LogP contribution in [0.1, 0.15) is 25.7 Å². The number of hydrogen-bond donors (Lipinski definition) is 0. The molecular formula is C20H22+2. The molecule has 0 aliphatic heterocycles. The Balaban J connectivity index is 1.41. The molecule has 0 radical (unpaired) electrons. The molecule has 4 bridgehead atoms. The summed E-state index contributed by atoms with van der Waals surface area (Å²) >= 11 is 0. The van der Waals surface area contributed by atoms with Gasteiger partial charge in [-0.15, -0.1) is 0 Å². The molecule has 6 rings (SSSR count). The van der Waals surface area contributed by atoms with Crippen LogP contribution in [-0.4, -0.2) is 0 Å². The summed E-state index contributed by atoms with van der Waals surface area (Å²) < 4.78 is 0. The van der Waals surface area contributed by atoms with Gasteiger partial charge in [0, 0.05) is 25.7 Å². The summed E-state index contributed by atoms with van der Waals surface area (Å²) in [4.78, 5) is 0. The summed E-state index contributed by atoms with van der Waals surface area (Å²) in [6.07, 6.45) is 24.5. The van der Waals surface area contributed by atoms with Crippen molar-refractivity contribution in [2.24, 2.45) is 35.5 Å². The van der Waals surface area contributed by atoms with E-state index in [2.05, 4.69) is 48.6 Å². The molecule has 0 spiro atoms. The normalized spacial score (nSPS) is 41.8. The molecule has 0 aromatic rings. The minimum Gasteiger partial charge on any atom is -0.0616 e. The second-order valence-electron chi connectivity index (χ2n) is 7.32. The molecule has 0 atom stereocenters. The third-order valence-electron chi connectivity index (χ3n) is 6.43. The van der Waals surface area contributed by atoms with Gasteiger partial charge in [-0.25, -0.2) is 0 Å². The second kappa shape index (κ2) is 4.10. The summed E-state index contributed by atoms with van der Waals surface area (Å²) in [5.74, 6) is 8.86. The standard InChI is InChI=1S/C20H22/c1-2-6-13(5-1)19-15-9-17-11-16(19)12-18(10-15)20(17)14-7-3-4-8-14/h1-8,13-18H,9-12H2/q+2. The van der Waals surface area contributed by atoms with Gasteiger partial charge in [0.25, 0.3) is 0 Å². The van der Waals surface area contributed by atoms with Crippen molar-refractivity contribution in [3.63, 3.8) is 0 Å². The molecule has 0 unspecified atom stereocenters. The van der Waals surface area contributed by atoms with E-state index in [4.69, 9.17) is 0 Å². The molecule has 20 heavy (non-hydrogen) atoms. The lowest BCUT2D eigenvalue weighted by molar-refractivity contribution is 0.0480. The van der Waals surface area contributed by atoms with Crippen LogP contribution in [-0.2, 0) is 0 Å².